The second kappa shape index (κ2) is 15.3. The lowest BCUT2D eigenvalue weighted by Gasteiger charge is -2.70. The quantitative estimate of drug-likeness (QED) is 0.135. The van der Waals surface area contributed by atoms with E-state index in [1.807, 2.05) is 27.1 Å². The number of aliphatic hydroxyl groups is 2. The maximum Gasteiger partial charge on any atom is 0.160 e. The van der Waals surface area contributed by atoms with Crippen molar-refractivity contribution >= 4 is 22.6 Å². The van der Waals surface area contributed by atoms with Crippen molar-refractivity contribution in [2.24, 2.45) is 45.3 Å². The lowest BCUT2D eigenvalue weighted by molar-refractivity contribution is -0.222. The van der Waals surface area contributed by atoms with Crippen LogP contribution in [-0.2, 0) is 32.0 Å². The van der Waals surface area contributed by atoms with Gasteiger partial charge >= 0.3 is 0 Å². The number of hydrogen-bond donors (Lipinski definition) is 4. The van der Waals surface area contributed by atoms with Gasteiger partial charge in [0.2, 0.25) is 0 Å². The summed E-state index contributed by atoms with van der Waals surface area (Å²) >= 11 is 0. The number of hydrogen-bond acceptors (Lipinski definition) is 7. The first kappa shape index (κ1) is 43.2. The summed E-state index contributed by atoms with van der Waals surface area (Å²) in [5.41, 5.74) is 7.36. The third-order valence-corrected chi connectivity index (χ3v) is 18.2. The van der Waals surface area contributed by atoms with Crippen LogP contribution in [0.5, 0.6) is 0 Å². The number of nitrogens with zero attached hydrogens (tertiary/aromatic N) is 1. The van der Waals surface area contributed by atoms with Crippen LogP contribution in [0.15, 0.2) is 47.8 Å². The summed E-state index contributed by atoms with van der Waals surface area (Å²) in [7, 11) is 1.96. The minimum Gasteiger partial charge on any atom is -0.392 e. The first-order chi connectivity index (χ1) is 28.9. The van der Waals surface area contributed by atoms with Crippen LogP contribution in [0.3, 0.4) is 0 Å². The second-order valence-electron chi connectivity index (χ2n) is 22.2. The number of allylic oxidation sites excluding steroid dienone is 1. The van der Waals surface area contributed by atoms with Gasteiger partial charge in [-0.3, -0.25) is 9.59 Å². The van der Waals surface area contributed by atoms with Gasteiger partial charge in [-0.15, -0.1) is 0 Å². The van der Waals surface area contributed by atoms with Crippen LogP contribution in [-0.4, -0.2) is 82.0 Å². The number of aromatic amines is 1. The molecule has 9 nitrogen and oxygen atoms in total. The van der Waals surface area contributed by atoms with Crippen LogP contribution in [0.1, 0.15) is 134 Å². The molecule has 0 amide bonds. The molecule has 11 unspecified atom stereocenters. The molecule has 332 valence electrons. The number of ketones is 2. The molecule has 2 saturated heterocycles. The SMILES string of the molecule is CNCCC1(C)C(=O)CCC2(C)C1CCC1(C)C2C(O)C(Cn2cc(Cc3cc(C)cc(C4CCOCC4)c3)c3[nH]ccc32)C2=C(C(C)CC(O)C3OC3(C)C)C(=O)CC21C. The van der Waals surface area contributed by atoms with E-state index in [-0.39, 0.29) is 52.0 Å². The number of fused-ring (bicyclic) bond motifs is 6. The van der Waals surface area contributed by atoms with Crippen molar-refractivity contribution in [1.82, 2.24) is 14.9 Å². The Hall–Kier alpha value is -3.08. The first-order valence-corrected chi connectivity index (χ1v) is 23.7. The molecule has 2 aromatic heterocycles. The van der Waals surface area contributed by atoms with Gasteiger partial charge in [-0.1, -0.05) is 58.4 Å². The Morgan fingerprint density at radius 1 is 1.03 bits per heavy atom. The summed E-state index contributed by atoms with van der Waals surface area (Å²) in [6, 6.07) is 9.22. The van der Waals surface area contributed by atoms with E-state index >= 15 is 0 Å². The third kappa shape index (κ3) is 6.80. The molecule has 2 aliphatic heterocycles. The van der Waals surface area contributed by atoms with Crippen LogP contribution in [0, 0.1) is 52.3 Å². The molecule has 4 N–H and O–H groups in total. The van der Waals surface area contributed by atoms with Crippen molar-refractivity contribution < 1.29 is 29.3 Å². The summed E-state index contributed by atoms with van der Waals surface area (Å²) < 4.78 is 13.9. The summed E-state index contributed by atoms with van der Waals surface area (Å²) in [6.07, 6.45) is 10.2. The van der Waals surface area contributed by atoms with Crippen molar-refractivity contribution in [2.75, 3.05) is 26.8 Å². The number of Topliss-reactive ketones (excluding diaryl/α,β-unsaturated/α-hetero) is 2. The van der Waals surface area contributed by atoms with E-state index in [1.54, 1.807) is 0 Å². The first-order valence-electron chi connectivity index (χ1n) is 23.7. The highest BCUT2D eigenvalue weighted by atomic mass is 16.6. The number of H-pyrrole nitrogens is 1. The Morgan fingerprint density at radius 2 is 1.77 bits per heavy atom. The number of benzene rings is 1. The highest BCUT2D eigenvalue weighted by molar-refractivity contribution is 6.01. The maximum atomic E-state index is 14.9. The molecule has 0 spiro atoms. The van der Waals surface area contributed by atoms with Gasteiger partial charge in [0.1, 0.15) is 11.9 Å². The van der Waals surface area contributed by atoms with Crippen molar-refractivity contribution in [3.8, 4) is 0 Å². The fraction of sp³-hybridized carbons (Fsp3) is 0.692. The standard InChI is InChI=1S/C52H73N3O6/c1-30-22-32(25-34(23-30)33-13-20-60-21-14-33)26-35-28-55(37-12-18-54-44(35)37)29-36-43-42(31(2)24-38(56)47-48(3,4)61-47)39(57)27-52(43,8)51(7)16-10-40-49(5,17-19-53-9)41(58)11-15-50(40,6)46(51)45(36)59/h12,18,22-23,25,28,31,33,36,38,40,45-47,53-54,56,59H,10-11,13-17,19-21,24,26-27,29H2,1-9H3. The van der Waals surface area contributed by atoms with E-state index in [9.17, 15) is 19.8 Å². The van der Waals surface area contributed by atoms with Gasteiger partial charge in [-0.2, -0.15) is 0 Å². The predicted molar refractivity (Wildman–Crippen MR) is 239 cm³/mol. The monoisotopic (exact) mass is 836 g/mol. The Kier molecular flexibility index (Phi) is 10.8. The van der Waals surface area contributed by atoms with Gasteiger partial charge in [-0.05, 0) is 148 Å². The fourth-order valence-electron chi connectivity index (χ4n) is 15.0. The molecule has 11 atom stereocenters. The van der Waals surface area contributed by atoms with Crippen molar-refractivity contribution in [1.29, 1.82) is 0 Å². The number of aromatic nitrogens is 2. The summed E-state index contributed by atoms with van der Waals surface area (Å²) in [4.78, 5) is 32.4. The molecular formula is C52H73N3O6. The Bertz CT molecular complexity index is 2230. The largest absolute Gasteiger partial charge is 0.392 e. The second-order valence-corrected chi connectivity index (χ2v) is 22.2. The third-order valence-electron chi connectivity index (χ3n) is 18.2. The average Bonchev–Trinajstić information content (AvgIpc) is 3.49. The molecular weight excluding hydrogens is 763 g/mol. The minimum absolute atomic E-state index is 0.110. The fourth-order valence-corrected chi connectivity index (χ4v) is 15.0. The number of carbonyl (C=O) groups excluding carboxylic acids is 2. The molecule has 3 aromatic rings. The maximum absolute atomic E-state index is 14.9. The molecule has 3 saturated carbocycles. The van der Waals surface area contributed by atoms with E-state index in [4.69, 9.17) is 9.47 Å². The van der Waals surface area contributed by atoms with E-state index in [0.29, 0.717) is 37.5 Å². The molecule has 9 rings (SSSR count). The zero-order valence-corrected chi connectivity index (χ0v) is 38.5. The van der Waals surface area contributed by atoms with Crippen LogP contribution in [0.4, 0.5) is 0 Å². The smallest absolute Gasteiger partial charge is 0.160 e. The topological polar surface area (TPSA) is 129 Å². The van der Waals surface area contributed by atoms with Crippen LogP contribution in [0.25, 0.3) is 11.0 Å². The number of epoxide rings is 1. The zero-order chi connectivity index (χ0) is 43.4. The van der Waals surface area contributed by atoms with Crippen LogP contribution < -0.4 is 5.32 Å². The highest BCUT2D eigenvalue weighted by Crippen LogP contribution is 2.75. The highest BCUT2D eigenvalue weighted by Gasteiger charge is 2.72. The van der Waals surface area contributed by atoms with E-state index in [1.165, 1.54) is 22.3 Å². The predicted octanol–water partition coefficient (Wildman–Crippen LogP) is 8.61. The lowest BCUT2D eigenvalue weighted by Crippen LogP contribution is -2.68. The number of nitrogens with one attached hydrogen (secondary N) is 2. The number of aryl methyl sites for hydroxylation is 1. The van der Waals surface area contributed by atoms with Gasteiger partial charge in [0.25, 0.3) is 0 Å². The average molecular weight is 836 g/mol. The molecule has 9 heteroatoms. The van der Waals surface area contributed by atoms with Gasteiger partial charge in [-0.25, -0.2) is 0 Å². The number of ether oxygens (including phenoxy) is 2. The summed E-state index contributed by atoms with van der Waals surface area (Å²) in [5, 5.41) is 28.3. The Morgan fingerprint density at radius 3 is 2.48 bits per heavy atom. The van der Waals surface area contributed by atoms with Crippen LogP contribution in [0.2, 0.25) is 0 Å². The van der Waals surface area contributed by atoms with E-state index in [0.717, 1.165) is 86.9 Å². The molecule has 1 aromatic carbocycles. The normalized spacial score (nSPS) is 37.1. The van der Waals surface area contributed by atoms with E-state index < -0.39 is 23.0 Å². The van der Waals surface area contributed by atoms with Crippen LogP contribution >= 0.6 is 0 Å². The van der Waals surface area contributed by atoms with Gasteiger partial charge in [0.05, 0.1) is 28.8 Å². The molecule has 61 heavy (non-hydrogen) atoms. The Labute approximate surface area is 363 Å². The molecule has 6 aliphatic rings. The van der Waals surface area contributed by atoms with E-state index in [2.05, 4.69) is 86.9 Å². The van der Waals surface area contributed by atoms with Crippen molar-refractivity contribution in [3.63, 3.8) is 0 Å². The van der Waals surface area contributed by atoms with Gasteiger partial charge in [0, 0.05) is 68.2 Å². The zero-order valence-electron chi connectivity index (χ0n) is 38.5. The minimum atomic E-state index is -0.731. The van der Waals surface area contributed by atoms with Gasteiger partial charge < -0.3 is 34.6 Å². The Balaban J connectivity index is 1.14. The molecule has 0 bridgehead atoms. The van der Waals surface area contributed by atoms with Crippen molar-refractivity contribution in [3.05, 3.63) is 70.1 Å². The molecule has 4 aliphatic carbocycles. The summed E-state index contributed by atoms with van der Waals surface area (Å²) in [5.74, 6) is 0.545. The van der Waals surface area contributed by atoms with Gasteiger partial charge in [0.15, 0.2) is 5.78 Å². The number of rotatable bonds is 12. The van der Waals surface area contributed by atoms with Crippen molar-refractivity contribution in [2.45, 2.75) is 156 Å². The summed E-state index contributed by atoms with van der Waals surface area (Å²) in [6.45, 7) is 20.6. The number of aliphatic hydroxyl groups excluding tert-OH is 2. The molecule has 4 heterocycles. The molecule has 0 radical (unpaired) electrons. The molecule has 5 fully saturated rings. The lowest BCUT2D eigenvalue weighted by atomic mass is 9.34. The number of carbonyl (C=O) groups is 2.